The summed E-state index contributed by atoms with van der Waals surface area (Å²) in [6, 6.07) is 6.02. The zero-order valence-electron chi connectivity index (χ0n) is 9.32. The number of aryl methyl sites for hydroxylation is 1. The maximum absolute atomic E-state index is 13.2. The molecule has 1 atom stereocenters. The van der Waals surface area contributed by atoms with Crippen molar-refractivity contribution in [3.63, 3.8) is 0 Å². The monoisotopic (exact) mass is 294 g/mol. The molecule has 1 heterocycles. The summed E-state index contributed by atoms with van der Waals surface area (Å²) >= 11 is 3.39. The topological polar surface area (TPSA) is 38.9 Å². The molecule has 0 saturated heterocycles. The van der Waals surface area contributed by atoms with Gasteiger partial charge in [0.1, 0.15) is 5.82 Å². The summed E-state index contributed by atoms with van der Waals surface area (Å²) in [6.07, 6.45) is 3.43. The van der Waals surface area contributed by atoms with Gasteiger partial charge in [-0.15, -0.1) is 0 Å². The van der Waals surface area contributed by atoms with Gasteiger partial charge in [-0.1, -0.05) is 15.9 Å². The van der Waals surface area contributed by atoms with E-state index in [4.69, 9.17) is 5.73 Å². The summed E-state index contributed by atoms with van der Waals surface area (Å²) in [6.45, 7) is 1.96. The predicted octanol–water partition coefficient (Wildman–Crippen LogP) is 3.34. The number of hydrogen-bond donors (Lipinski definition) is 1. The first-order valence-electron chi connectivity index (χ1n) is 5.20. The lowest BCUT2D eigenvalue weighted by Crippen LogP contribution is -2.14. The first-order chi connectivity index (χ1) is 8.09. The smallest absolute Gasteiger partial charge is 0.123 e. The van der Waals surface area contributed by atoms with E-state index in [1.807, 2.05) is 13.0 Å². The molecule has 2 rings (SSSR count). The molecular formula is C13H12BrFN2. The third-order valence-corrected chi connectivity index (χ3v) is 3.43. The third kappa shape index (κ3) is 2.53. The summed E-state index contributed by atoms with van der Waals surface area (Å²) in [5.41, 5.74) is 8.82. The van der Waals surface area contributed by atoms with Crippen LogP contribution >= 0.6 is 15.9 Å². The van der Waals surface area contributed by atoms with Gasteiger partial charge in [-0.3, -0.25) is 4.98 Å². The van der Waals surface area contributed by atoms with Crippen LogP contribution in [0.2, 0.25) is 0 Å². The van der Waals surface area contributed by atoms with Crippen LogP contribution in [0, 0.1) is 12.7 Å². The molecule has 2 N–H and O–H groups in total. The number of benzene rings is 1. The van der Waals surface area contributed by atoms with Crippen molar-refractivity contribution < 1.29 is 4.39 Å². The molecule has 4 heteroatoms. The van der Waals surface area contributed by atoms with E-state index >= 15 is 0 Å². The largest absolute Gasteiger partial charge is 0.320 e. The summed E-state index contributed by atoms with van der Waals surface area (Å²) in [4.78, 5) is 4.06. The predicted molar refractivity (Wildman–Crippen MR) is 69.1 cm³/mol. The Balaban J connectivity index is 2.47. The molecule has 1 unspecified atom stereocenters. The van der Waals surface area contributed by atoms with Gasteiger partial charge in [-0.2, -0.15) is 0 Å². The second-order valence-corrected chi connectivity index (χ2v) is 4.73. The zero-order chi connectivity index (χ0) is 12.4. The summed E-state index contributed by atoms with van der Waals surface area (Å²) in [7, 11) is 0. The lowest BCUT2D eigenvalue weighted by atomic mass is 9.98. The van der Waals surface area contributed by atoms with Crippen LogP contribution in [0.3, 0.4) is 0 Å². The van der Waals surface area contributed by atoms with Crippen LogP contribution in [-0.4, -0.2) is 4.98 Å². The van der Waals surface area contributed by atoms with E-state index in [1.54, 1.807) is 18.5 Å². The van der Waals surface area contributed by atoms with Crippen molar-refractivity contribution in [1.82, 2.24) is 4.98 Å². The number of rotatable bonds is 2. The van der Waals surface area contributed by atoms with Crippen LogP contribution in [-0.2, 0) is 0 Å². The van der Waals surface area contributed by atoms with Crippen LogP contribution in [0.15, 0.2) is 41.1 Å². The molecule has 0 radical (unpaired) electrons. The maximum Gasteiger partial charge on any atom is 0.123 e. The highest BCUT2D eigenvalue weighted by Crippen LogP contribution is 2.28. The minimum absolute atomic E-state index is 0.291. The van der Waals surface area contributed by atoms with Gasteiger partial charge in [0.05, 0.1) is 6.04 Å². The normalized spacial score (nSPS) is 12.5. The van der Waals surface area contributed by atoms with Gasteiger partial charge < -0.3 is 5.73 Å². The molecule has 1 aromatic carbocycles. The van der Waals surface area contributed by atoms with Crippen molar-refractivity contribution in [2.75, 3.05) is 0 Å². The van der Waals surface area contributed by atoms with Crippen LogP contribution in [0.5, 0.6) is 0 Å². The van der Waals surface area contributed by atoms with Crippen LogP contribution in [0.4, 0.5) is 4.39 Å². The first kappa shape index (κ1) is 12.2. The molecule has 0 saturated carbocycles. The minimum Gasteiger partial charge on any atom is -0.320 e. The molecule has 0 spiro atoms. The SMILES string of the molecule is Cc1ccncc1C(N)c1cc(F)ccc1Br. The molecule has 0 aliphatic carbocycles. The standard InChI is InChI=1S/C13H12BrFN2/c1-8-4-5-17-7-11(8)13(16)10-6-9(15)2-3-12(10)14/h2-7,13H,16H2,1H3. The average molecular weight is 295 g/mol. The Morgan fingerprint density at radius 2 is 2.06 bits per heavy atom. The molecule has 0 aliphatic rings. The van der Waals surface area contributed by atoms with Crippen molar-refractivity contribution in [3.8, 4) is 0 Å². The average Bonchev–Trinajstić information content (AvgIpc) is 2.32. The molecule has 0 aliphatic heterocycles. The molecule has 17 heavy (non-hydrogen) atoms. The summed E-state index contributed by atoms with van der Waals surface area (Å²) in [5.74, 6) is -0.291. The number of pyridine rings is 1. The van der Waals surface area contributed by atoms with Gasteiger partial charge >= 0.3 is 0 Å². The fraction of sp³-hybridized carbons (Fsp3) is 0.154. The fourth-order valence-corrected chi connectivity index (χ4v) is 2.22. The second-order valence-electron chi connectivity index (χ2n) is 3.88. The zero-order valence-corrected chi connectivity index (χ0v) is 10.9. The first-order valence-corrected chi connectivity index (χ1v) is 6.00. The van der Waals surface area contributed by atoms with Gasteiger partial charge in [-0.25, -0.2) is 4.39 Å². The second kappa shape index (κ2) is 4.94. The van der Waals surface area contributed by atoms with Gasteiger partial charge in [0.15, 0.2) is 0 Å². The Morgan fingerprint density at radius 1 is 1.29 bits per heavy atom. The maximum atomic E-state index is 13.2. The third-order valence-electron chi connectivity index (χ3n) is 2.71. The van der Waals surface area contributed by atoms with Crippen LogP contribution in [0.1, 0.15) is 22.7 Å². The lowest BCUT2D eigenvalue weighted by molar-refractivity contribution is 0.623. The molecule has 0 fully saturated rings. The molecule has 88 valence electrons. The Hall–Kier alpha value is -1.26. The van der Waals surface area contributed by atoms with Crippen molar-refractivity contribution >= 4 is 15.9 Å². The highest BCUT2D eigenvalue weighted by Gasteiger charge is 2.15. The van der Waals surface area contributed by atoms with Gasteiger partial charge in [0.2, 0.25) is 0 Å². The van der Waals surface area contributed by atoms with E-state index in [0.717, 1.165) is 21.2 Å². The molecule has 0 bridgehead atoms. The fourth-order valence-electron chi connectivity index (χ4n) is 1.72. The Labute approximate surface area is 108 Å². The summed E-state index contributed by atoms with van der Waals surface area (Å²) < 4.78 is 14.0. The van der Waals surface area contributed by atoms with E-state index < -0.39 is 0 Å². The van der Waals surface area contributed by atoms with E-state index in [1.165, 1.54) is 12.1 Å². The lowest BCUT2D eigenvalue weighted by Gasteiger charge is -2.16. The van der Waals surface area contributed by atoms with Crippen LogP contribution in [0.25, 0.3) is 0 Å². The Kier molecular flexibility index (Phi) is 3.54. The number of hydrogen-bond acceptors (Lipinski definition) is 2. The molecule has 1 aromatic heterocycles. The molecule has 2 aromatic rings. The van der Waals surface area contributed by atoms with Crippen molar-refractivity contribution in [2.24, 2.45) is 5.73 Å². The number of nitrogens with two attached hydrogens (primary N) is 1. The summed E-state index contributed by atoms with van der Waals surface area (Å²) in [5, 5.41) is 0. The van der Waals surface area contributed by atoms with E-state index in [9.17, 15) is 4.39 Å². The van der Waals surface area contributed by atoms with Crippen LogP contribution < -0.4 is 5.73 Å². The number of aromatic nitrogens is 1. The number of nitrogens with zero attached hydrogens (tertiary/aromatic N) is 1. The van der Waals surface area contributed by atoms with Gasteiger partial charge in [0, 0.05) is 16.9 Å². The van der Waals surface area contributed by atoms with E-state index in [0.29, 0.717) is 0 Å². The van der Waals surface area contributed by atoms with Gasteiger partial charge in [0.25, 0.3) is 0 Å². The van der Waals surface area contributed by atoms with E-state index in [-0.39, 0.29) is 11.9 Å². The van der Waals surface area contributed by atoms with Gasteiger partial charge in [-0.05, 0) is 47.9 Å². The Bertz CT molecular complexity index is 543. The highest BCUT2D eigenvalue weighted by atomic mass is 79.9. The van der Waals surface area contributed by atoms with Crippen molar-refractivity contribution in [1.29, 1.82) is 0 Å². The molecule has 0 amide bonds. The highest BCUT2D eigenvalue weighted by molar-refractivity contribution is 9.10. The van der Waals surface area contributed by atoms with Crippen molar-refractivity contribution in [2.45, 2.75) is 13.0 Å². The molecule has 2 nitrogen and oxygen atoms in total. The molecular weight excluding hydrogens is 283 g/mol. The van der Waals surface area contributed by atoms with Crippen molar-refractivity contribution in [3.05, 3.63) is 63.6 Å². The number of halogens is 2. The Morgan fingerprint density at radius 3 is 2.76 bits per heavy atom. The quantitative estimate of drug-likeness (QED) is 0.923. The van der Waals surface area contributed by atoms with E-state index in [2.05, 4.69) is 20.9 Å². The minimum atomic E-state index is -0.381.